The number of amides is 2. The van der Waals surface area contributed by atoms with Gasteiger partial charge < -0.3 is 15.0 Å². The van der Waals surface area contributed by atoms with Gasteiger partial charge in [-0.2, -0.15) is 15.4 Å². The number of aromatic nitrogens is 3. The first-order valence-corrected chi connectivity index (χ1v) is 8.63. The van der Waals surface area contributed by atoms with Gasteiger partial charge in [-0.3, -0.25) is 9.52 Å². The number of methoxy groups -OCH3 is 1. The van der Waals surface area contributed by atoms with Crippen LogP contribution in [0.4, 0.5) is 14.9 Å². The number of benzene rings is 1. The minimum absolute atomic E-state index is 0.113. The van der Waals surface area contributed by atoms with Crippen molar-refractivity contribution in [2.24, 2.45) is 0 Å². The molecule has 3 rings (SSSR count). The second kappa shape index (κ2) is 8.04. The fourth-order valence-corrected chi connectivity index (χ4v) is 3.39. The molecule has 1 aliphatic heterocycles. The van der Waals surface area contributed by atoms with Gasteiger partial charge in [-0.1, -0.05) is 6.07 Å². The summed E-state index contributed by atoms with van der Waals surface area (Å²) >= 11 is 1.02. The molecule has 3 N–H and O–H groups in total. The summed E-state index contributed by atoms with van der Waals surface area (Å²) in [5, 5.41) is 12.5. The fourth-order valence-electron chi connectivity index (χ4n) is 2.57. The molecule has 1 unspecified atom stereocenters. The van der Waals surface area contributed by atoms with E-state index in [2.05, 4.69) is 30.2 Å². The van der Waals surface area contributed by atoms with Crippen molar-refractivity contribution in [2.45, 2.75) is 5.25 Å². The molecule has 1 aromatic carbocycles. The van der Waals surface area contributed by atoms with Gasteiger partial charge in [-0.05, 0) is 29.6 Å². The first-order chi connectivity index (χ1) is 12.6. The molecule has 0 spiro atoms. The van der Waals surface area contributed by atoms with Crippen LogP contribution in [-0.4, -0.2) is 54.2 Å². The van der Waals surface area contributed by atoms with E-state index in [-0.39, 0.29) is 12.5 Å². The van der Waals surface area contributed by atoms with Crippen LogP contribution in [0.3, 0.4) is 0 Å². The molecule has 1 aromatic heterocycles. The van der Waals surface area contributed by atoms with Crippen molar-refractivity contribution >= 4 is 29.6 Å². The summed E-state index contributed by atoms with van der Waals surface area (Å²) in [6.07, 6.45) is 0.872. The SMILES string of the molecule is COC(=O)NSC(c1ccc(N2CCNC(=O)C2)c(F)c1)c1cn[nH]n1. The Bertz CT molecular complexity index is 788. The van der Waals surface area contributed by atoms with E-state index >= 15 is 0 Å². The normalized spacial score (nSPS) is 15.3. The maximum absolute atomic E-state index is 14.7. The summed E-state index contributed by atoms with van der Waals surface area (Å²) in [6, 6.07) is 4.72. The second-order valence-corrected chi connectivity index (χ2v) is 6.38. The average molecular weight is 380 g/mol. The van der Waals surface area contributed by atoms with Crippen LogP contribution in [0.1, 0.15) is 16.5 Å². The summed E-state index contributed by atoms with van der Waals surface area (Å²) in [4.78, 5) is 24.6. The van der Waals surface area contributed by atoms with Crippen LogP contribution >= 0.6 is 11.9 Å². The zero-order chi connectivity index (χ0) is 18.5. The molecule has 1 saturated heterocycles. The highest BCUT2D eigenvalue weighted by molar-refractivity contribution is 7.98. The van der Waals surface area contributed by atoms with E-state index < -0.39 is 17.2 Å². The van der Waals surface area contributed by atoms with Crippen molar-refractivity contribution in [3.8, 4) is 0 Å². The molecular formula is C15H17FN6O3S. The summed E-state index contributed by atoms with van der Waals surface area (Å²) < 4.78 is 21.8. The number of nitrogens with one attached hydrogen (secondary N) is 3. The molecule has 1 aliphatic rings. The van der Waals surface area contributed by atoms with Crippen LogP contribution in [-0.2, 0) is 9.53 Å². The highest BCUT2D eigenvalue weighted by Crippen LogP contribution is 2.34. The Hall–Kier alpha value is -2.82. The first kappa shape index (κ1) is 18.0. The van der Waals surface area contributed by atoms with E-state index in [9.17, 15) is 14.0 Å². The molecular weight excluding hydrogens is 363 g/mol. The van der Waals surface area contributed by atoms with Crippen molar-refractivity contribution in [1.82, 2.24) is 25.4 Å². The van der Waals surface area contributed by atoms with E-state index in [1.807, 2.05) is 0 Å². The van der Waals surface area contributed by atoms with Crippen molar-refractivity contribution in [1.29, 1.82) is 0 Å². The Balaban J connectivity index is 1.84. The Morgan fingerprint density at radius 2 is 2.35 bits per heavy atom. The number of carbonyl (C=O) groups excluding carboxylic acids is 2. The highest BCUT2D eigenvalue weighted by atomic mass is 32.2. The summed E-state index contributed by atoms with van der Waals surface area (Å²) in [5.41, 5.74) is 1.47. The summed E-state index contributed by atoms with van der Waals surface area (Å²) in [6.45, 7) is 1.12. The predicted octanol–water partition coefficient (Wildman–Crippen LogP) is 0.974. The lowest BCUT2D eigenvalue weighted by Crippen LogP contribution is -2.48. The lowest BCUT2D eigenvalue weighted by molar-refractivity contribution is -0.120. The molecule has 2 heterocycles. The molecule has 9 nitrogen and oxygen atoms in total. The lowest BCUT2D eigenvalue weighted by Gasteiger charge is -2.29. The van der Waals surface area contributed by atoms with E-state index in [0.29, 0.717) is 30.0 Å². The fraction of sp³-hybridized carbons (Fsp3) is 0.333. The molecule has 0 bridgehead atoms. The highest BCUT2D eigenvalue weighted by Gasteiger charge is 2.23. The number of piperazine rings is 1. The van der Waals surface area contributed by atoms with Gasteiger partial charge in [0.05, 0.1) is 30.8 Å². The van der Waals surface area contributed by atoms with Crippen LogP contribution in [0.5, 0.6) is 0 Å². The number of ether oxygens (including phenoxy) is 1. The number of aromatic amines is 1. The van der Waals surface area contributed by atoms with Crippen LogP contribution < -0.4 is 14.9 Å². The summed E-state index contributed by atoms with van der Waals surface area (Å²) in [5.74, 6) is -0.595. The van der Waals surface area contributed by atoms with Gasteiger partial charge in [0.15, 0.2) is 0 Å². The average Bonchev–Trinajstić information content (AvgIpc) is 3.16. The van der Waals surface area contributed by atoms with Gasteiger partial charge in [0.2, 0.25) is 5.91 Å². The van der Waals surface area contributed by atoms with Crippen molar-refractivity contribution in [3.63, 3.8) is 0 Å². The zero-order valence-corrected chi connectivity index (χ0v) is 14.7. The van der Waals surface area contributed by atoms with Gasteiger partial charge in [-0.15, -0.1) is 0 Å². The van der Waals surface area contributed by atoms with Crippen LogP contribution in [0.25, 0.3) is 0 Å². The maximum atomic E-state index is 14.7. The number of carbonyl (C=O) groups is 2. The molecule has 11 heteroatoms. The van der Waals surface area contributed by atoms with E-state index in [1.54, 1.807) is 17.0 Å². The number of halogens is 1. The topological polar surface area (TPSA) is 112 Å². The molecule has 0 radical (unpaired) electrons. The number of rotatable bonds is 5. The first-order valence-electron chi connectivity index (χ1n) is 7.75. The molecule has 26 heavy (non-hydrogen) atoms. The molecule has 2 amide bonds. The number of hydrogen-bond acceptors (Lipinski definition) is 7. The Labute approximate surface area is 152 Å². The van der Waals surface area contributed by atoms with Crippen molar-refractivity contribution in [3.05, 3.63) is 41.5 Å². The summed E-state index contributed by atoms with van der Waals surface area (Å²) in [7, 11) is 1.25. The van der Waals surface area contributed by atoms with Crippen molar-refractivity contribution in [2.75, 3.05) is 31.6 Å². The van der Waals surface area contributed by atoms with E-state index in [0.717, 1.165) is 11.9 Å². The molecule has 1 atom stereocenters. The molecule has 2 aromatic rings. The monoisotopic (exact) mass is 380 g/mol. The number of nitrogens with zero attached hydrogens (tertiary/aromatic N) is 3. The van der Waals surface area contributed by atoms with E-state index in [4.69, 9.17) is 0 Å². The second-order valence-electron chi connectivity index (χ2n) is 5.47. The Morgan fingerprint density at radius 1 is 1.50 bits per heavy atom. The van der Waals surface area contributed by atoms with Gasteiger partial charge in [0, 0.05) is 13.1 Å². The van der Waals surface area contributed by atoms with Crippen LogP contribution in [0.2, 0.25) is 0 Å². The van der Waals surface area contributed by atoms with Gasteiger partial charge >= 0.3 is 6.09 Å². The minimum Gasteiger partial charge on any atom is -0.452 e. The molecule has 138 valence electrons. The standard InChI is InChI=1S/C15H17FN6O3S/c1-25-15(24)20-26-14(11-7-18-21-19-11)9-2-3-12(10(16)6-9)22-5-4-17-13(23)8-22/h2-3,6-7,14H,4-5,8H2,1H3,(H,17,23)(H,20,24)(H,18,19,21). The third kappa shape index (κ3) is 4.04. The molecule has 1 fully saturated rings. The largest absolute Gasteiger partial charge is 0.452 e. The maximum Gasteiger partial charge on any atom is 0.416 e. The van der Waals surface area contributed by atoms with Crippen LogP contribution in [0, 0.1) is 5.82 Å². The lowest BCUT2D eigenvalue weighted by atomic mass is 10.1. The van der Waals surface area contributed by atoms with Gasteiger partial charge in [0.25, 0.3) is 0 Å². The van der Waals surface area contributed by atoms with Crippen LogP contribution in [0.15, 0.2) is 24.4 Å². The third-order valence-corrected chi connectivity index (χ3v) is 4.84. The zero-order valence-electron chi connectivity index (χ0n) is 13.9. The molecule has 0 saturated carbocycles. The number of H-pyrrole nitrogens is 1. The Kier molecular flexibility index (Phi) is 5.56. The third-order valence-electron chi connectivity index (χ3n) is 3.80. The predicted molar refractivity (Wildman–Crippen MR) is 93.0 cm³/mol. The van der Waals surface area contributed by atoms with E-state index in [1.165, 1.54) is 19.4 Å². The van der Waals surface area contributed by atoms with Crippen molar-refractivity contribution < 1.29 is 18.7 Å². The molecule has 0 aliphatic carbocycles. The Morgan fingerprint density at radius 3 is 3.00 bits per heavy atom. The smallest absolute Gasteiger partial charge is 0.416 e. The minimum atomic E-state index is -0.625. The quantitative estimate of drug-likeness (QED) is 0.663. The van der Waals surface area contributed by atoms with Gasteiger partial charge in [-0.25, -0.2) is 9.18 Å². The number of hydrogen-bond donors (Lipinski definition) is 3. The number of anilines is 1. The van der Waals surface area contributed by atoms with Gasteiger partial charge in [0.1, 0.15) is 11.5 Å².